The van der Waals surface area contributed by atoms with E-state index >= 15 is 0 Å². The van der Waals surface area contributed by atoms with Gasteiger partial charge in [0.2, 0.25) is 0 Å². The van der Waals surface area contributed by atoms with Gasteiger partial charge in [-0.05, 0) is 72.5 Å². The SMILES string of the molecule is c1ccc2c(c1)Oc1cccc3c1B2c1ccc(-n2c4c(c5ccccc52)CCCC4)cc1O3. The van der Waals surface area contributed by atoms with Crippen LogP contribution < -0.4 is 25.9 Å². The van der Waals surface area contributed by atoms with E-state index in [1.54, 1.807) is 0 Å². The Hall–Kier alpha value is -3.92. The molecule has 0 fully saturated rings. The number of hydrogen-bond acceptors (Lipinski definition) is 2. The van der Waals surface area contributed by atoms with Crippen LogP contribution in [0.2, 0.25) is 0 Å². The fourth-order valence-corrected chi connectivity index (χ4v) is 6.29. The third-order valence-corrected chi connectivity index (χ3v) is 7.73. The smallest absolute Gasteiger partial charge is 0.260 e. The highest BCUT2D eigenvalue weighted by Crippen LogP contribution is 2.38. The number of ether oxygens (including phenoxy) is 2. The molecule has 0 unspecified atom stereocenters. The maximum atomic E-state index is 6.54. The van der Waals surface area contributed by atoms with Crippen molar-refractivity contribution in [1.82, 2.24) is 4.57 Å². The molecule has 0 saturated heterocycles. The van der Waals surface area contributed by atoms with Crippen LogP contribution in [0, 0.1) is 0 Å². The van der Waals surface area contributed by atoms with Gasteiger partial charge < -0.3 is 14.0 Å². The minimum atomic E-state index is 0.115. The molecule has 3 nitrogen and oxygen atoms in total. The number of fused-ring (bicyclic) bond motifs is 7. The lowest BCUT2D eigenvalue weighted by Crippen LogP contribution is -2.57. The molecule has 1 aliphatic carbocycles. The van der Waals surface area contributed by atoms with Gasteiger partial charge in [-0.15, -0.1) is 0 Å². The molecule has 4 heteroatoms. The van der Waals surface area contributed by atoms with Crippen molar-refractivity contribution in [1.29, 1.82) is 0 Å². The van der Waals surface area contributed by atoms with Gasteiger partial charge in [-0.1, -0.05) is 48.5 Å². The van der Waals surface area contributed by atoms with Crippen molar-refractivity contribution in [3.05, 3.63) is 96.2 Å². The molecule has 8 rings (SSSR count). The number of benzene rings is 4. The lowest BCUT2D eigenvalue weighted by Gasteiger charge is -2.33. The van der Waals surface area contributed by atoms with Gasteiger partial charge in [0.05, 0.1) is 5.52 Å². The zero-order valence-corrected chi connectivity index (χ0v) is 18.8. The van der Waals surface area contributed by atoms with Gasteiger partial charge in [-0.25, -0.2) is 0 Å². The Morgan fingerprint density at radius 3 is 2.32 bits per heavy atom. The first-order valence-corrected chi connectivity index (χ1v) is 12.2. The molecule has 2 aliphatic heterocycles. The van der Waals surface area contributed by atoms with Crippen LogP contribution in [0.3, 0.4) is 0 Å². The predicted molar refractivity (Wildman–Crippen MR) is 138 cm³/mol. The molecule has 0 bridgehead atoms. The second-order valence-corrected chi connectivity index (χ2v) is 9.55. The van der Waals surface area contributed by atoms with Crippen molar-refractivity contribution >= 4 is 34.0 Å². The summed E-state index contributed by atoms with van der Waals surface area (Å²) in [6.45, 7) is 0.115. The van der Waals surface area contributed by atoms with Gasteiger partial charge in [0, 0.05) is 28.3 Å². The largest absolute Gasteiger partial charge is 0.458 e. The fraction of sp³-hybridized carbons (Fsp3) is 0.133. The van der Waals surface area contributed by atoms with Crippen LogP contribution in [-0.4, -0.2) is 11.3 Å². The van der Waals surface area contributed by atoms with E-state index in [2.05, 4.69) is 71.3 Å². The molecular weight excluding hydrogens is 417 g/mol. The van der Waals surface area contributed by atoms with Crippen molar-refractivity contribution in [2.75, 3.05) is 0 Å². The predicted octanol–water partition coefficient (Wildman–Crippen LogP) is 5.24. The summed E-state index contributed by atoms with van der Waals surface area (Å²) in [5, 5.41) is 1.39. The van der Waals surface area contributed by atoms with Crippen molar-refractivity contribution < 1.29 is 9.47 Å². The van der Waals surface area contributed by atoms with Crippen LogP contribution in [0.25, 0.3) is 16.6 Å². The molecule has 0 atom stereocenters. The highest BCUT2D eigenvalue weighted by Gasteiger charge is 2.39. The summed E-state index contributed by atoms with van der Waals surface area (Å²) in [4.78, 5) is 0. The molecule has 34 heavy (non-hydrogen) atoms. The highest BCUT2D eigenvalue weighted by atomic mass is 16.5. The number of aromatic nitrogens is 1. The summed E-state index contributed by atoms with van der Waals surface area (Å²) in [7, 11) is 0. The fourth-order valence-electron chi connectivity index (χ4n) is 6.29. The summed E-state index contributed by atoms with van der Waals surface area (Å²) in [6.07, 6.45) is 4.82. The molecule has 4 aromatic carbocycles. The zero-order valence-electron chi connectivity index (χ0n) is 18.8. The second kappa shape index (κ2) is 6.80. The minimum Gasteiger partial charge on any atom is -0.458 e. The summed E-state index contributed by atoms with van der Waals surface area (Å²) in [5.74, 6) is 3.65. The Bertz CT molecular complexity index is 1630. The monoisotopic (exact) mass is 439 g/mol. The average Bonchev–Trinajstić information content (AvgIpc) is 3.23. The van der Waals surface area contributed by atoms with Gasteiger partial charge in [0.25, 0.3) is 6.71 Å². The number of aryl methyl sites for hydroxylation is 1. The van der Waals surface area contributed by atoms with E-state index in [9.17, 15) is 0 Å². The van der Waals surface area contributed by atoms with Crippen molar-refractivity contribution in [2.45, 2.75) is 25.7 Å². The first-order valence-electron chi connectivity index (χ1n) is 12.2. The van der Waals surface area contributed by atoms with Gasteiger partial charge in [0.1, 0.15) is 23.0 Å². The number of rotatable bonds is 1. The van der Waals surface area contributed by atoms with E-state index in [0.29, 0.717) is 0 Å². The number of hydrogen-bond donors (Lipinski definition) is 0. The van der Waals surface area contributed by atoms with E-state index < -0.39 is 0 Å². The molecule has 0 spiro atoms. The van der Waals surface area contributed by atoms with E-state index in [0.717, 1.165) is 34.9 Å². The van der Waals surface area contributed by atoms with Crippen molar-refractivity contribution in [3.63, 3.8) is 0 Å². The minimum absolute atomic E-state index is 0.115. The molecule has 0 amide bonds. The summed E-state index contributed by atoms with van der Waals surface area (Å²) >= 11 is 0. The third-order valence-electron chi connectivity index (χ3n) is 7.73. The molecule has 0 saturated carbocycles. The summed E-state index contributed by atoms with van der Waals surface area (Å²) in [5.41, 5.74) is 8.98. The summed E-state index contributed by atoms with van der Waals surface area (Å²) in [6, 6.07) is 30.1. The number of nitrogens with zero attached hydrogens (tertiary/aromatic N) is 1. The molecule has 0 N–H and O–H groups in total. The molecule has 0 radical (unpaired) electrons. The Morgan fingerprint density at radius 2 is 1.38 bits per heavy atom. The Morgan fingerprint density at radius 1 is 0.647 bits per heavy atom. The van der Waals surface area contributed by atoms with Gasteiger partial charge in [-0.2, -0.15) is 0 Å². The van der Waals surface area contributed by atoms with E-state index in [-0.39, 0.29) is 6.71 Å². The average molecular weight is 439 g/mol. The standard InChI is InChI=1S/C30H22BNO2/c1-4-11-24-20(8-1)21-9-2-5-12-25(21)32(24)19-16-17-23-29(18-19)34-28-15-7-14-27-30(28)31(23)22-10-3-6-13-26(22)33-27/h1,3-4,6-8,10-11,13-18H,2,5,9,12H2. The van der Waals surface area contributed by atoms with Gasteiger partial charge in [0.15, 0.2) is 0 Å². The Labute approximate surface area is 198 Å². The first kappa shape index (κ1) is 18.5. The zero-order chi connectivity index (χ0) is 22.2. The summed E-state index contributed by atoms with van der Waals surface area (Å²) < 4.78 is 15.3. The third kappa shape index (κ3) is 2.43. The van der Waals surface area contributed by atoms with Crippen molar-refractivity contribution in [2.24, 2.45) is 0 Å². The van der Waals surface area contributed by atoms with E-state index in [1.165, 1.54) is 58.0 Å². The van der Waals surface area contributed by atoms with Crippen LogP contribution >= 0.6 is 0 Å². The van der Waals surface area contributed by atoms with Crippen LogP contribution in [0.5, 0.6) is 23.0 Å². The molecule has 3 heterocycles. The second-order valence-electron chi connectivity index (χ2n) is 9.55. The van der Waals surface area contributed by atoms with E-state index in [1.807, 2.05) is 18.2 Å². The Balaban J connectivity index is 1.36. The Kier molecular flexibility index (Phi) is 3.70. The molecule has 5 aromatic rings. The molecule has 1 aromatic heterocycles. The lowest BCUT2D eigenvalue weighted by molar-refractivity contribution is 0.464. The topological polar surface area (TPSA) is 23.4 Å². The highest BCUT2D eigenvalue weighted by molar-refractivity contribution is 6.98. The van der Waals surface area contributed by atoms with E-state index in [4.69, 9.17) is 9.47 Å². The van der Waals surface area contributed by atoms with Gasteiger partial charge in [-0.3, -0.25) is 0 Å². The quantitative estimate of drug-likeness (QED) is 0.327. The molecule has 162 valence electrons. The normalized spacial score (nSPS) is 15.0. The maximum Gasteiger partial charge on any atom is 0.260 e. The van der Waals surface area contributed by atoms with Crippen LogP contribution in [-0.2, 0) is 12.8 Å². The maximum absolute atomic E-state index is 6.54. The number of para-hydroxylation sites is 2. The van der Waals surface area contributed by atoms with Gasteiger partial charge >= 0.3 is 0 Å². The molecule has 3 aliphatic rings. The van der Waals surface area contributed by atoms with Crippen LogP contribution in [0.15, 0.2) is 84.9 Å². The van der Waals surface area contributed by atoms with Crippen LogP contribution in [0.1, 0.15) is 24.1 Å². The molecular formula is C30H22BNO2. The first-order chi connectivity index (χ1) is 16.9. The van der Waals surface area contributed by atoms with Crippen LogP contribution in [0.4, 0.5) is 0 Å². The van der Waals surface area contributed by atoms with Crippen molar-refractivity contribution in [3.8, 4) is 28.7 Å². The lowest BCUT2D eigenvalue weighted by atomic mass is 9.35.